The van der Waals surface area contributed by atoms with E-state index < -0.39 is 0 Å². The van der Waals surface area contributed by atoms with E-state index in [1.54, 1.807) is 7.11 Å². The third kappa shape index (κ3) is 3.09. The second kappa shape index (κ2) is 5.84. The predicted octanol–water partition coefficient (Wildman–Crippen LogP) is 3.31. The molecule has 0 fully saturated rings. The second-order valence-electron chi connectivity index (χ2n) is 2.27. The van der Waals surface area contributed by atoms with Crippen molar-refractivity contribution in [1.82, 2.24) is 0 Å². The molecule has 1 nitrogen and oxygen atoms in total. The van der Waals surface area contributed by atoms with Gasteiger partial charge in [-0.15, -0.1) is 17.0 Å². The van der Waals surface area contributed by atoms with Crippen LogP contribution >= 0.6 is 17.0 Å². The molecule has 0 aliphatic rings. The molecule has 0 saturated carbocycles. The first kappa shape index (κ1) is 11.2. The van der Waals surface area contributed by atoms with Crippen LogP contribution in [0.1, 0.15) is 12.5 Å². The molecule has 0 bridgehead atoms. The molecule has 0 heterocycles. The van der Waals surface area contributed by atoms with Gasteiger partial charge in [-0.05, 0) is 24.6 Å². The molecule has 0 aromatic heterocycles. The highest BCUT2D eigenvalue weighted by Crippen LogP contribution is 2.11. The molecule has 0 atom stereocenters. The van der Waals surface area contributed by atoms with E-state index in [1.165, 1.54) is 5.56 Å². The number of hydrogen-bond acceptors (Lipinski definition) is 1. The lowest BCUT2D eigenvalue weighted by atomic mass is 10.2. The molecular weight excluding hydrogens is 216 g/mol. The Labute approximate surface area is 83.8 Å². The van der Waals surface area contributed by atoms with E-state index in [0.717, 1.165) is 5.75 Å². The smallest absolute Gasteiger partial charge is 0.118 e. The number of rotatable bonds is 2. The minimum absolute atomic E-state index is 0. The largest absolute Gasteiger partial charge is 0.497 e. The van der Waals surface area contributed by atoms with Gasteiger partial charge < -0.3 is 4.74 Å². The van der Waals surface area contributed by atoms with E-state index >= 15 is 0 Å². The van der Waals surface area contributed by atoms with Crippen LogP contribution in [0.15, 0.2) is 30.3 Å². The topological polar surface area (TPSA) is 9.23 Å². The van der Waals surface area contributed by atoms with E-state index in [-0.39, 0.29) is 17.0 Å². The van der Waals surface area contributed by atoms with Gasteiger partial charge in [0, 0.05) is 0 Å². The lowest BCUT2D eigenvalue weighted by molar-refractivity contribution is 0.415. The van der Waals surface area contributed by atoms with Gasteiger partial charge in [0.15, 0.2) is 0 Å². The van der Waals surface area contributed by atoms with Gasteiger partial charge in [-0.25, -0.2) is 0 Å². The zero-order chi connectivity index (χ0) is 8.10. The van der Waals surface area contributed by atoms with Crippen LogP contribution in [0.4, 0.5) is 0 Å². The lowest BCUT2D eigenvalue weighted by Crippen LogP contribution is -1.80. The van der Waals surface area contributed by atoms with Gasteiger partial charge in [0.25, 0.3) is 0 Å². The molecule has 0 aliphatic carbocycles. The second-order valence-corrected chi connectivity index (χ2v) is 2.27. The fourth-order valence-corrected chi connectivity index (χ4v) is 0.907. The Morgan fingerprint density at radius 2 is 1.75 bits per heavy atom. The van der Waals surface area contributed by atoms with Crippen molar-refractivity contribution in [2.45, 2.75) is 6.92 Å². The molecule has 0 saturated heterocycles. The fourth-order valence-electron chi connectivity index (χ4n) is 0.907. The summed E-state index contributed by atoms with van der Waals surface area (Å²) in [7, 11) is 1.67. The maximum absolute atomic E-state index is 5.02. The maximum atomic E-state index is 5.02. The highest BCUT2D eigenvalue weighted by atomic mass is 79.9. The van der Waals surface area contributed by atoms with Crippen molar-refractivity contribution in [1.29, 1.82) is 0 Å². The Bertz CT molecular complexity index is 239. The number of methoxy groups -OCH3 is 1. The first-order valence-electron chi connectivity index (χ1n) is 3.63. The minimum atomic E-state index is 0. The zero-order valence-corrected chi connectivity index (χ0v) is 8.99. The summed E-state index contributed by atoms with van der Waals surface area (Å²) in [5.41, 5.74) is 1.20. The Morgan fingerprint density at radius 3 is 2.17 bits per heavy atom. The van der Waals surface area contributed by atoms with Crippen molar-refractivity contribution >= 4 is 23.1 Å². The van der Waals surface area contributed by atoms with Crippen molar-refractivity contribution in [3.05, 3.63) is 35.9 Å². The zero-order valence-electron chi connectivity index (χ0n) is 7.28. The van der Waals surface area contributed by atoms with E-state index in [4.69, 9.17) is 4.74 Å². The number of halogens is 1. The monoisotopic (exact) mass is 228 g/mol. The molecule has 1 rings (SSSR count). The maximum Gasteiger partial charge on any atom is 0.118 e. The standard InChI is InChI=1S/C10H12O.BrH/c1-3-4-9-5-7-10(11-2)8-6-9;/h3-8H,1-2H3;1H. The summed E-state index contributed by atoms with van der Waals surface area (Å²) < 4.78 is 5.02. The number of ether oxygens (including phenoxy) is 1. The lowest BCUT2D eigenvalue weighted by Gasteiger charge is -1.98. The summed E-state index contributed by atoms with van der Waals surface area (Å²) in [6.07, 6.45) is 4.07. The third-order valence-corrected chi connectivity index (χ3v) is 1.47. The van der Waals surface area contributed by atoms with Crippen LogP contribution in [0, 0.1) is 0 Å². The van der Waals surface area contributed by atoms with Gasteiger partial charge >= 0.3 is 0 Å². The van der Waals surface area contributed by atoms with Gasteiger partial charge in [-0.2, -0.15) is 0 Å². The molecule has 0 amide bonds. The molecule has 0 N–H and O–H groups in total. The van der Waals surface area contributed by atoms with Crippen molar-refractivity contribution in [2.75, 3.05) is 7.11 Å². The van der Waals surface area contributed by atoms with Gasteiger partial charge in [-0.3, -0.25) is 0 Å². The molecule has 66 valence electrons. The molecule has 1 aromatic rings. The Hall–Kier alpha value is -0.760. The summed E-state index contributed by atoms with van der Waals surface area (Å²) in [6.45, 7) is 2.00. The summed E-state index contributed by atoms with van der Waals surface area (Å²) in [5.74, 6) is 0.901. The van der Waals surface area contributed by atoms with Crippen LogP contribution in [0.5, 0.6) is 5.75 Å². The van der Waals surface area contributed by atoms with Crippen molar-refractivity contribution in [3.8, 4) is 5.75 Å². The summed E-state index contributed by atoms with van der Waals surface area (Å²) in [6, 6.07) is 7.96. The van der Waals surface area contributed by atoms with Crippen molar-refractivity contribution in [3.63, 3.8) is 0 Å². The van der Waals surface area contributed by atoms with Crippen LogP contribution in [0.25, 0.3) is 6.08 Å². The third-order valence-electron chi connectivity index (χ3n) is 1.47. The number of benzene rings is 1. The SMILES string of the molecule is Br.CC=Cc1ccc(OC)cc1. The number of allylic oxidation sites excluding steroid dienone is 1. The first-order chi connectivity index (χ1) is 5.36. The molecule has 0 radical (unpaired) electrons. The van der Waals surface area contributed by atoms with Crippen LogP contribution in [0.2, 0.25) is 0 Å². The average Bonchev–Trinajstić information content (AvgIpc) is 2.07. The summed E-state index contributed by atoms with van der Waals surface area (Å²) in [4.78, 5) is 0. The van der Waals surface area contributed by atoms with E-state index in [9.17, 15) is 0 Å². The first-order valence-corrected chi connectivity index (χ1v) is 3.63. The minimum Gasteiger partial charge on any atom is -0.497 e. The molecule has 0 aliphatic heterocycles. The Balaban J connectivity index is 0.00000121. The van der Waals surface area contributed by atoms with Gasteiger partial charge in [0.05, 0.1) is 7.11 Å². The van der Waals surface area contributed by atoms with Crippen LogP contribution < -0.4 is 4.74 Å². The molecule has 2 heteroatoms. The highest BCUT2D eigenvalue weighted by Gasteiger charge is 1.87. The molecule has 1 aromatic carbocycles. The van der Waals surface area contributed by atoms with Crippen LogP contribution in [-0.4, -0.2) is 7.11 Å². The van der Waals surface area contributed by atoms with Crippen LogP contribution in [0.3, 0.4) is 0 Å². The Morgan fingerprint density at radius 1 is 1.17 bits per heavy atom. The Kier molecular flexibility index (Phi) is 5.47. The van der Waals surface area contributed by atoms with Gasteiger partial charge in [0.2, 0.25) is 0 Å². The van der Waals surface area contributed by atoms with E-state index in [0.29, 0.717) is 0 Å². The summed E-state index contributed by atoms with van der Waals surface area (Å²) in [5, 5.41) is 0. The van der Waals surface area contributed by atoms with Crippen molar-refractivity contribution in [2.24, 2.45) is 0 Å². The summed E-state index contributed by atoms with van der Waals surface area (Å²) >= 11 is 0. The molecule has 12 heavy (non-hydrogen) atoms. The predicted molar refractivity (Wildman–Crippen MR) is 58.0 cm³/mol. The molecule has 0 unspecified atom stereocenters. The van der Waals surface area contributed by atoms with Gasteiger partial charge in [0.1, 0.15) is 5.75 Å². The average molecular weight is 229 g/mol. The van der Waals surface area contributed by atoms with Gasteiger partial charge in [-0.1, -0.05) is 24.3 Å². The molecule has 0 spiro atoms. The normalized spacial score (nSPS) is 9.50. The highest BCUT2D eigenvalue weighted by molar-refractivity contribution is 8.93. The van der Waals surface area contributed by atoms with Crippen LogP contribution in [-0.2, 0) is 0 Å². The quantitative estimate of drug-likeness (QED) is 0.755. The number of hydrogen-bond donors (Lipinski definition) is 0. The fraction of sp³-hybridized carbons (Fsp3) is 0.200. The van der Waals surface area contributed by atoms with Crippen molar-refractivity contribution < 1.29 is 4.74 Å². The van der Waals surface area contributed by atoms with E-state index in [1.807, 2.05) is 37.3 Å². The van der Waals surface area contributed by atoms with E-state index in [2.05, 4.69) is 6.08 Å². The molecular formula is C10H13BrO.